The monoisotopic (exact) mass is 535 g/mol. The van der Waals surface area contributed by atoms with Crippen molar-refractivity contribution in [2.45, 2.75) is 37.7 Å². The van der Waals surface area contributed by atoms with Gasteiger partial charge in [0.15, 0.2) is 5.67 Å². The quantitative estimate of drug-likeness (QED) is 0.299. The van der Waals surface area contributed by atoms with Gasteiger partial charge < -0.3 is 9.64 Å². The fraction of sp³-hybridized carbons (Fsp3) is 0.375. The van der Waals surface area contributed by atoms with Crippen LogP contribution in [0.15, 0.2) is 42.7 Å². The molecule has 10 heteroatoms. The number of hydrogen-bond donors (Lipinski definition) is 0. The van der Waals surface area contributed by atoms with Crippen molar-refractivity contribution in [2.75, 3.05) is 13.1 Å². The summed E-state index contributed by atoms with van der Waals surface area (Å²) in [6, 6.07) is 8.33. The zero-order valence-electron chi connectivity index (χ0n) is 18.1. The Balaban J connectivity index is 1.56. The molecule has 0 saturated carbocycles. The molecule has 2 aliphatic heterocycles. The van der Waals surface area contributed by atoms with Gasteiger partial charge in [-0.2, -0.15) is 13.2 Å². The standard InChI is InChI=1S/C24H20Cl3F4NO2/c1-13(2)21(33)32-11-22(28,12-32)16-5-3-14(4-6-16)15-9-23(34-10-15,24(29,30)31)17-7-18(25)20(27)19(26)8-17/h3-8,10,13H,9,11-12H2,1-2H3. The Morgan fingerprint density at radius 1 is 1.03 bits per heavy atom. The molecular formula is C24H20Cl3F4NO2. The third-order valence-corrected chi connectivity index (χ3v) is 7.41. The summed E-state index contributed by atoms with van der Waals surface area (Å²) in [7, 11) is 0. The lowest BCUT2D eigenvalue weighted by Crippen LogP contribution is -2.59. The van der Waals surface area contributed by atoms with E-state index in [-0.39, 0.29) is 51.1 Å². The lowest BCUT2D eigenvalue weighted by molar-refractivity contribution is -0.260. The van der Waals surface area contributed by atoms with Crippen molar-refractivity contribution < 1.29 is 27.1 Å². The lowest BCUT2D eigenvalue weighted by atomic mass is 9.84. The molecule has 182 valence electrons. The Morgan fingerprint density at radius 2 is 1.59 bits per heavy atom. The van der Waals surface area contributed by atoms with Crippen molar-refractivity contribution in [1.29, 1.82) is 0 Å². The molecule has 1 atom stereocenters. The predicted molar refractivity (Wildman–Crippen MR) is 124 cm³/mol. The second-order valence-corrected chi connectivity index (χ2v) is 10.1. The lowest BCUT2D eigenvalue weighted by Gasteiger charge is -2.45. The van der Waals surface area contributed by atoms with Crippen molar-refractivity contribution in [3.63, 3.8) is 0 Å². The van der Waals surface area contributed by atoms with E-state index < -0.39 is 23.9 Å². The summed E-state index contributed by atoms with van der Waals surface area (Å²) in [6.45, 7) is 3.40. The number of nitrogens with zero attached hydrogens (tertiary/aromatic N) is 1. The largest absolute Gasteiger partial charge is 0.480 e. The number of hydrogen-bond acceptors (Lipinski definition) is 2. The van der Waals surface area contributed by atoms with Gasteiger partial charge in [0, 0.05) is 17.9 Å². The number of rotatable bonds is 4. The van der Waals surface area contributed by atoms with Crippen LogP contribution in [-0.2, 0) is 20.8 Å². The van der Waals surface area contributed by atoms with Gasteiger partial charge in [-0.1, -0.05) is 72.9 Å². The Hall–Kier alpha value is -1.96. The van der Waals surface area contributed by atoms with Crippen molar-refractivity contribution in [3.8, 4) is 0 Å². The van der Waals surface area contributed by atoms with E-state index in [4.69, 9.17) is 39.5 Å². The molecule has 1 unspecified atom stereocenters. The summed E-state index contributed by atoms with van der Waals surface area (Å²) < 4.78 is 63.1. The molecule has 0 bridgehead atoms. The first-order valence-electron chi connectivity index (χ1n) is 10.4. The Morgan fingerprint density at radius 3 is 2.09 bits per heavy atom. The van der Waals surface area contributed by atoms with E-state index in [1.54, 1.807) is 26.0 Å². The van der Waals surface area contributed by atoms with Gasteiger partial charge >= 0.3 is 6.18 Å². The number of amides is 1. The maximum absolute atomic E-state index is 15.2. The summed E-state index contributed by atoms with van der Waals surface area (Å²) in [4.78, 5) is 13.5. The molecule has 0 N–H and O–H groups in total. The number of likely N-dealkylation sites (tertiary alicyclic amines) is 1. The van der Waals surface area contributed by atoms with E-state index in [0.29, 0.717) is 11.1 Å². The summed E-state index contributed by atoms with van der Waals surface area (Å²) in [5, 5.41) is -0.281. The number of carbonyl (C=O) groups is 1. The molecule has 1 saturated heterocycles. The van der Waals surface area contributed by atoms with E-state index in [9.17, 15) is 18.0 Å². The molecular weight excluding hydrogens is 517 g/mol. The van der Waals surface area contributed by atoms with Crippen LogP contribution in [0, 0.1) is 5.92 Å². The normalized spacial score (nSPS) is 21.8. The zero-order valence-corrected chi connectivity index (χ0v) is 20.4. The van der Waals surface area contributed by atoms with E-state index in [1.807, 2.05) is 0 Å². The van der Waals surface area contributed by atoms with Crippen LogP contribution in [0.2, 0.25) is 15.1 Å². The van der Waals surface area contributed by atoms with Crippen LogP contribution in [0.5, 0.6) is 0 Å². The molecule has 34 heavy (non-hydrogen) atoms. The molecule has 2 heterocycles. The third-order valence-electron chi connectivity index (χ3n) is 6.21. The highest BCUT2D eigenvalue weighted by molar-refractivity contribution is 6.48. The number of benzene rings is 2. The Labute approximate surface area is 209 Å². The van der Waals surface area contributed by atoms with Crippen LogP contribution in [0.3, 0.4) is 0 Å². The van der Waals surface area contributed by atoms with Crippen LogP contribution in [-0.4, -0.2) is 30.1 Å². The molecule has 0 spiro atoms. The van der Waals surface area contributed by atoms with Gasteiger partial charge in [0.25, 0.3) is 0 Å². The number of carbonyl (C=O) groups excluding carboxylic acids is 1. The third kappa shape index (κ3) is 4.16. The molecule has 2 aromatic rings. The second-order valence-electron chi connectivity index (χ2n) is 8.91. The molecule has 0 radical (unpaired) electrons. The fourth-order valence-corrected chi connectivity index (χ4v) is 4.82. The number of alkyl halides is 4. The maximum Gasteiger partial charge on any atom is 0.432 e. The van der Waals surface area contributed by atoms with Gasteiger partial charge in [-0.05, 0) is 28.8 Å². The summed E-state index contributed by atoms with van der Waals surface area (Å²) >= 11 is 17.8. The minimum Gasteiger partial charge on any atom is -0.480 e. The smallest absolute Gasteiger partial charge is 0.432 e. The van der Waals surface area contributed by atoms with Crippen molar-refractivity contribution in [3.05, 3.63) is 74.4 Å². The number of halogens is 7. The van der Waals surface area contributed by atoms with Gasteiger partial charge in [0.05, 0.1) is 34.4 Å². The molecule has 3 nitrogen and oxygen atoms in total. The van der Waals surface area contributed by atoms with E-state index in [0.717, 1.165) is 18.4 Å². The van der Waals surface area contributed by atoms with Crippen LogP contribution >= 0.6 is 34.8 Å². The van der Waals surface area contributed by atoms with E-state index in [1.165, 1.54) is 17.0 Å². The fourth-order valence-electron chi connectivity index (χ4n) is 4.23. The molecule has 0 aliphatic carbocycles. The average molecular weight is 537 g/mol. The molecule has 1 fully saturated rings. The van der Waals surface area contributed by atoms with E-state index >= 15 is 4.39 Å². The molecule has 2 aromatic carbocycles. The molecule has 0 aromatic heterocycles. The maximum atomic E-state index is 15.2. The van der Waals surface area contributed by atoms with Gasteiger partial charge in [-0.3, -0.25) is 4.79 Å². The highest BCUT2D eigenvalue weighted by atomic mass is 35.5. The Bertz CT molecular complexity index is 1130. The van der Waals surface area contributed by atoms with Crippen LogP contribution in [0.25, 0.3) is 5.57 Å². The molecule has 2 aliphatic rings. The van der Waals surface area contributed by atoms with Crippen molar-refractivity contribution in [2.24, 2.45) is 5.92 Å². The van der Waals surface area contributed by atoms with Gasteiger partial charge in [-0.15, -0.1) is 0 Å². The van der Waals surface area contributed by atoms with E-state index in [2.05, 4.69) is 0 Å². The minimum absolute atomic E-state index is 0.0454. The number of ether oxygens (including phenoxy) is 1. The van der Waals surface area contributed by atoms with Crippen molar-refractivity contribution >= 4 is 46.3 Å². The minimum atomic E-state index is -4.78. The van der Waals surface area contributed by atoms with Gasteiger partial charge in [-0.25, -0.2) is 4.39 Å². The van der Waals surface area contributed by atoms with Crippen LogP contribution < -0.4 is 0 Å². The second kappa shape index (κ2) is 8.61. The predicted octanol–water partition coefficient (Wildman–Crippen LogP) is 7.53. The molecule has 4 rings (SSSR count). The average Bonchev–Trinajstić information content (AvgIpc) is 3.21. The van der Waals surface area contributed by atoms with Gasteiger partial charge in [0.1, 0.15) is 0 Å². The summed E-state index contributed by atoms with van der Waals surface area (Å²) in [6.07, 6.45) is -4.26. The highest BCUT2D eigenvalue weighted by Gasteiger charge is 2.60. The first-order chi connectivity index (χ1) is 15.8. The van der Waals surface area contributed by atoms with Crippen molar-refractivity contribution in [1.82, 2.24) is 4.90 Å². The van der Waals surface area contributed by atoms with Crippen LogP contribution in [0.4, 0.5) is 17.6 Å². The topological polar surface area (TPSA) is 29.5 Å². The summed E-state index contributed by atoms with van der Waals surface area (Å²) in [5.41, 5.74) is -3.54. The Kier molecular flexibility index (Phi) is 6.37. The first-order valence-corrected chi connectivity index (χ1v) is 11.6. The first kappa shape index (κ1) is 25.1. The van der Waals surface area contributed by atoms with Crippen LogP contribution in [0.1, 0.15) is 37.0 Å². The SMILES string of the molecule is CC(C)C(=O)N1CC(F)(c2ccc(C3=COC(c4cc(Cl)c(Cl)c(Cl)c4)(C(F)(F)F)C3)cc2)C1. The van der Waals surface area contributed by atoms with Gasteiger partial charge in [0.2, 0.25) is 11.5 Å². The highest BCUT2D eigenvalue weighted by Crippen LogP contribution is 2.53. The molecule has 1 amide bonds. The zero-order chi connectivity index (χ0) is 25.1. The summed E-state index contributed by atoms with van der Waals surface area (Å²) in [5.74, 6) is -0.343.